The van der Waals surface area contributed by atoms with Crippen molar-refractivity contribution in [1.82, 2.24) is 69.6 Å². The number of piperidine rings is 1. The number of methoxy groups -OCH3 is 1. The van der Waals surface area contributed by atoms with Gasteiger partial charge in [-0.1, -0.05) is 0 Å². The van der Waals surface area contributed by atoms with Crippen LogP contribution in [0.1, 0.15) is 78.1 Å². The molecule has 0 atom stereocenters. The minimum absolute atomic E-state index is 0.00438. The Bertz CT molecular complexity index is 4270. The summed E-state index contributed by atoms with van der Waals surface area (Å²) in [6.45, 7) is 2.85. The van der Waals surface area contributed by atoms with Crippen LogP contribution in [-0.2, 0) is 19.6 Å². The van der Waals surface area contributed by atoms with E-state index in [9.17, 15) is 34.2 Å². The third-order valence-electron chi connectivity index (χ3n) is 13.5. The zero-order valence-corrected chi connectivity index (χ0v) is 47.3. The predicted molar refractivity (Wildman–Crippen MR) is 310 cm³/mol. The van der Waals surface area contributed by atoms with Gasteiger partial charge in [0.15, 0.2) is 0 Å². The van der Waals surface area contributed by atoms with Gasteiger partial charge in [-0.05, 0) is 92.9 Å². The lowest BCUT2D eigenvalue weighted by molar-refractivity contribution is 0.0654. The highest BCUT2D eigenvalue weighted by Gasteiger charge is 2.29. The number of ether oxygens (including phenoxy) is 1. The summed E-state index contributed by atoms with van der Waals surface area (Å²) >= 11 is 10.1. The highest BCUT2D eigenvalue weighted by Crippen LogP contribution is 2.37. The highest BCUT2D eigenvalue weighted by molar-refractivity contribution is 9.11. The number of hydrogen-bond donors (Lipinski definition) is 10. The SMILES string of the molecule is CN(C)C1CCN(C(=O)c2[nH]c3ncnc(Nc4cc5c([nH]c4=O)CN=C5)c3c2Br)CC1.COc1nc2c(cc1Nc1ncnc3[nH]c(C(=O)O)c(Br)c13)C=NC2.O=C(O)c1[nH]c2ncnc(Nc3cc4c([nH]c3=O)CN=C4)c2c1Br. The average Bonchev–Trinajstić information content (AvgIpc) is 4.53. The van der Waals surface area contributed by atoms with Crippen LogP contribution in [0.2, 0.25) is 0 Å². The van der Waals surface area contributed by atoms with Crippen molar-refractivity contribution in [1.29, 1.82) is 0 Å². The summed E-state index contributed by atoms with van der Waals surface area (Å²) in [7, 11) is 5.67. The summed E-state index contributed by atoms with van der Waals surface area (Å²) in [4.78, 5) is 121. The molecule has 0 saturated carbocycles. The smallest absolute Gasteiger partial charge is 0.353 e. The van der Waals surface area contributed by atoms with Gasteiger partial charge in [-0.25, -0.2) is 44.5 Å². The first kappa shape index (κ1) is 53.9. The van der Waals surface area contributed by atoms with Crippen LogP contribution < -0.4 is 31.8 Å². The van der Waals surface area contributed by atoms with E-state index in [-0.39, 0.29) is 34.1 Å². The van der Waals surface area contributed by atoms with E-state index >= 15 is 0 Å². The Balaban J connectivity index is 0.000000130. The molecule has 1 amide bonds. The Kier molecular flexibility index (Phi) is 14.8. The lowest BCUT2D eigenvalue weighted by atomic mass is 10.0. The first-order valence-corrected chi connectivity index (χ1v) is 26.8. The molecule has 9 aromatic heterocycles. The number of aromatic amines is 5. The molecule has 13 rings (SSSR count). The molecule has 9 aromatic rings. The van der Waals surface area contributed by atoms with Crippen LogP contribution in [0.25, 0.3) is 33.1 Å². The van der Waals surface area contributed by atoms with Crippen LogP contribution in [0.4, 0.5) is 34.5 Å². The predicted octanol–water partition coefficient (Wildman–Crippen LogP) is 6.53. The van der Waals surface area contributed by atoms with Gasteiger partial charge in [0.25, 0.3) is 17.0 Å². The first-order chi connectivity index (χ1) is 39.0. The standard InChI is InChI=1S/C21H23BrN8O2.C15H11BrN6O3.C14H9BrN6O3/c1-29(2)12-3-5-30(6-4-12)21(32)17-16(22)15-18(24-10-25-19(15)28-17)26-13-7-11-8-23-9-14(11)27-20(13)31;1-25-14-7(2-6-3-17-4-8(6)21-14)20-12-9-10(16)11(15(23)24)22-13(9)19-5-18-12;15-9-8-11(17-4-18-12(8)21-10(9)14(23)24)19-6-1-5-2-16-3-7(5)20-13(6)22/h7-8,10,12H,3-6,9H2,1-2H3,(H,27,31)(H2,24,25,26,28);2-3,5H,4H2,1H3,(H,23,24)(H2,18,19,20,22);1-2,4H,3H2,(H,20,22)(H,23,24)(H2,17,18,19,21). The normalized spacial score (nSPS) is 13.9. The van der Waals surface area contributed by atoms with E-state index in [1.807, 2.05) is 11.0 Å². The van der Waals surface area contributed by atoms with E-state index in [1.54, 1.807) is 30.8 Å². The maximum atomic E-state index is 13.2. The molecule has 0 aliphatic carbocycles. The minimum atomic E-state index is -1.13. The molecule has 10 N–H and O–H groups in total. The van der Waals surface area contributed by atoms with Crippen molar-refractivity contribution >= 4 is 152 Å². The number of likely N-dealkylation sites (tertiary alicyclic amines) is 1. The second-order valence-corrected chi connectivity index (χ2v) is 21.0. The second-order valence-electron chi connectivity index (χ2n) is 18.6. The number of nitrogens with zero attached hydrogens (tertiary/aromatic N) is 12. The number of carboxylic acids is 2. The molecule has 4 aliphatic heterocycles. The number of fused-ring (bicyclic) bond motifs is 6. The summed E-state index contributed by atoms with van der Waals surface area (Å²) in [6.07, 6.45) is 11.1. The van der Waals surface area contributed by atoms with Crippen LogP contribution in [0, 0.1) is 0 Å². The van der Waals surface area contributed by atoms with E-state index in [2.05, 4.69) is 158 Å². The van der Waals surface area contributed by atoms with Crippen molar-refractivity contribution in [3.63, 3.8) is 0 Å². The number of anilines is 6. The van der Waals surface area contributed by atoms with E-state index in [0.29, 0.717) is 126 Å². The minimum Gasteiger partial charge on any atom is -0.480 e. The van der Waals surface area contributed by atoms with Crippen molar-refractivity contribution in [2.45, 2.75) is 38.5 Å². The molecule has 412 valence electrons. The first-order valence-electron chi connectivity index (χ1n) is 24.4. The summed E-state index contributed by atoms with van der Waals surface area (Å²) in [5.74, 6) is -0.720. The van der Waals surface area contributed by atoms with Gasteiger partial charge in [-0.3, -0.25) is 29.4 Å². The Hall–Kier alpha value is -9.07. The molecule has 0 aromatic carbocycles. The van der Waals surface area contributed by atoms with E-state index in [0.717, 1.165) is 46.6 Å². The third-order valence-corrected chi connectivity index (χ3v) is 15.9. The Labute approximate surface area is 480 Å². The number of pyridine rings is 3. The van der Waals surface area contributed by atoms with Crippen LogP contribution in [0.5, 0.6) is 5.88 Å². The zero-order chi connectivity index (χ0) is 56.8. The summed E-state index contributed by atoms with van der Waals surface area (Å²) in [5, 5.41) is 29.2. The third kappa shape index (κ3) is 10.5. The number of nitrogens with one attached hydrogen (secondary N) is 8. The lowest BCUT2D eigenvalue weighted by Gasteiger charge is -2.35. The van der Waals surface area contributed by atoms with Crippen LogP contribution >= 0.6 is 47.8 Å². The van der Waals surface area contributed by atoms with Crippen molar-refractivity contribution in [3.05, 3.63) is 122 Å². The number of carbonyl (C=O) groups excluding carboxylic acids is 1. The van der Waals surface area contributed by atoms with E-state index in [1.165, 1.54) is 26.1 Å². The van der Waals surface area contributed by atoms with Crippen molar-refractivity contribution < 1.29 is 29.3 Å². The number of carbonyl (C=O) groups is 3. The fourth-order valence-corrected chi connectivity index (χ4v) is 11.3. The summed E-state index contributed by atoms with van der Waals surface area (Å²) in [6, 6.07) is 5.78. The molecule has 1 fully saturated rings. The fraction of sp³-hybridized carbons (Fsp3) is 0.220. The van der Waals surface area contributed by atoms with Gasteiger partial charge < -0.3 is 65.6 Å². The highest BCUT2D eigenvalue weighted by atomic mass is 79.9. The number of halogens is 3. The molecule has 28 nitrogen and oxygen atoms in total. The quantitative estimate of drug-likeness (QED) is 0.0657. The van der Waals surface area contributed by atoms with Crippen LogP contribution in [0.15, 0.2) is 75.2 Å². The number of H-pyrrole nitrogens is 5. The Morgan fingerprint density at radius 1 is 0.605 bits per heavy atom. The average molecular weight is 1290 g/mol. The number of hydrogen-bond acceptors (Lipinski definition) is 20. The van der Waals surface area contributed by atoms with Crippen molar-refractivity contribution in [2.24, 2.45) is 15.0 Å². The molecule has 4 aliphatic rings. The largest absolute Gasteiger partial charge is 0.480 e. The molecular formula is C50H43Br3N20O8. The van der Waals surface area contributed by atoms with E-state index in [4.69, 9.17) is 4.74 Å². The molecule has 13 heterocycles. The summed E-state index contributed by atoms with van der Waals surface area (Å²) < 4.78 is 6.60. The molecule has 1 saturated heterocycles. The maximum Gasteiger partial charge on any atom is 0.353 e. The number of amides is 1. The molecule has 31 heteroatoms. The molecule has 0 bridgehead atoms. The molecular weight excluding hydrogens is 1250 g/mol. The van der Waals surface area contributed by atoms with Gasteiger partial charge >= 0.3 is 11.9 Å². The van der Waals surface area contributed by atoms with Crippen molar-refractivity contribution in [2.75, 3.05) is 50.2 Å². The molecule has 0 radical (unpaired) electrons. The fourth-order valence-electron chi connectivity index (χ4n) is 9.39. The van der Waals surface area contributed by atoms with Gasteiger partial charge in [0, 0.05) is 65.9 Å². The monoisotopic (exact) mass is 1290 g/mol. The second kappa shape index (κ2) is 22.2. The number of aromatic nitrogens is 12. The van der Waals surface area contributed by atoms with Gasteiger partial charge in [0.2, 0.25) is 5.88 Å². The topological polar surface area (TPSA) is 384 Å². The van der Waals surface area contributed by atoms with E-state index < -0.39 is 11.9 Å². The molecule has 81 heavy (non-hydrogen) atoms. The number of aliphatic imine (C=N–C) groups is 3. The Morgan fingerprint density at radius 3 is 1.48 bits per heavy atom. The van der Waals surface area contributed by atoms with Crippen molar-refractivity contribution in [3.8, 4) is 5.88 Å². The number of rotatable bonds is 11. The maximum absolute atomic E-state index is 13.2. The number of aromatic carboxylic acids is 2. The molecule has 0 spiro atoms. The van der Waals surface area contributed by atoms with Gasteiger partial charge in [0.1, 0.15) is 87.5 Å². The number of carboxylic acid groups (broad SMARTS) is 2. The van der Waals surface area contributed by atoms with Gasteiger partial charge in [-0.15, -0.1) is 0 Å². The van der Waals surface area contributed by atoms with Gasteiger partial charge in [0.05, 0.1) is 62.0 Å². The Morgan fingerprint density at radius 2 is 1.02 bits per heavy atom. The molecule has 0 unspecified atom stereocenters. The van der Waals surface area contributed by atoms with Crippen LogP contribution in [0.3, 0.4) is 0 Å². The lowest BCUT2D eigenvalue weighted by Crippen LogP contribution is -2.44. The zero-order valence-electron chi connectivity index (χ0n) is 42.6. The summed E-state index contributed by atoms with van der Waals surface area (Å²) in [5.41, 5.74) is 7.29. The van der Waals surface area contributed by atoms with Gasteiger partial charge in [-0.2, -0.15) is 0 Å². The van der Waals surface area contributed by atoms with Crippen LogP contribution in [-0.4, -0.2) is 157 Å².